The fourth-order valence-corrected chi connectivity index (χ4v) is 3.94. The van der Waals surface area contributed by atoms with Crippen LogP contribution in [0.2, 0.25) is 0 Å². The van der Waals surface area contributed by atoms with Crippen molar-refractivity contribution in [2.75, 3.05) is 0 Å². The number of hydrogen-bond donors (Lipinski definition) is 1. The van der Waals surface area contributed by atoms with Gasteiger partial charge in [-0.3, -0.25) is 4.79 Å². The summed E-state index contributed by atoms with van der Waals surface area (Å²) in [5.41, 5.74) is 3.15. The van der Waals surface area contributed by atoms with Crippen molar-refractivity contribution in [2.24, 2.45) is 5.41 Å². The Bertz CT molecular complexity index is 1450. The Labute approximate surface area is 183 Å². The molecule has 0 spiro atoms. The van der Waals surface area contributed by atoms with Crippen LogP contribution >= 0.6 is 0 Å². The smallest absolute Gasteiger partial charge is 0.329 e. The summed E-state index contributed by atoms with van der Waals surface area (Å²) >= 11 is 0. The highest BCUT2D eigenvalue weighted by molar-refractivity contribution is 6.06. The molecule has 0 aliphatic rings. The Morgan fingerprint density at radius 1 is 1.19 bits per heavy atom. The van der Waals surface area contributed by atoms with Gasteiger partial charge in [0.15, 0.2) is 17.5 Å². The molecule has 3 heterocycles. The fraction of sp³-hybridized carbons (Fsp3) is 0.304. The van der Waals surface area contributed by atoms with Crippen LogP contribution in [-0.4, -0.2) is 41.2 Å². The van der Waals surface area contributed by atoms with E-state index in [-0.39, 0.29) is 11.5 Å². The molecule has 0 saturated carbocycles. The van der Waals surface area contributed by atoms with Gasteiger partial charge in [-0.2, -0.15) is 15.5 Å². The van der Waals surface area contributed by atoms with Gasteiger partial charge in [0.1, 0.15) is 17.3 Å². The summed E-state index contributed by atoms with van der Waals surface area (Å²) in [4.78, 5) is 28.8. The molecule has 0 aliphatic heterocycles. The first-order chi connectivity index (χ1) is 15.0. The Morgan fingerprint density at radius 3 is 2.50 bits per heavy atom. The molecule has 1 unspecified atom stereocenters. The van der Waals surface area contributed by atoms with Gasteiger partial charge >= 0.3 is 5.97 Å². The number of hydrogen-bond acceptors (Lipinski definition) is 6. The number of carboxylic acids is 1. The Kier molecular flexibility index (Phi) is 4.81. The van der Waals surface area contributed by atoms with Crippen molar-refractivity contribution >= 4 is 28.3 Å². The average molecular weight is 430 g/mol. The molecule has 32 heavy (non-hydrogen) atoms. The van der Waals surface area contributed by atoms with Gasteiger partial charge in [0.2, 0.25) is 0 Å². The average Bonchev–Trinajstić information content (AvgIpc) is 3.22. The van der Waals surface area contributed by atoms with Crippen LogP contribution in [0.4, 0.5) is 0 Å². The lowest BCUT2D eigenvalue weighted by molar-refractivity contribution is -0.144. The quantitative estimate of drug-likeness (QED) is 0.488. The molecular formula is C23H22N6O3. The molecule has 4 rings (SSSR count). The first-order valence-corrected chi connectivity index (χ1v) is 10.0. The number of aromatic nitrogens is 5. The highest BCUT2D eigenvalue weighted by atomic mass is 16.4. The van der Waals surface area contributed by atoms with Crippen LogP contribution in [0.5, 0.6) is 0 Å². The van der Waals surface area contributed by atoms with E-state index in [0.717, 1.165) is 11.1 Å². The number of nitriles is 1. The number of carbonyl (C=O) groups excluding carboxylic acids is 1. The van der Waals surface area contributed by atoms with E-state index in [9.17, 15) is 20.0 Å². The number of carbonyl (C=O) groups is 2. The number of aryl methyl sites for hydroxylation is 1. The number of rotatable bonds is 4. The van der Waals surface area contributed by atoms with Crippen molar-refractivity contribution in [1.29, 1.82) is 5.26 Å². The number of nitrogens with zero attached hydrogens (tertiary/aromatic N) is 6. The van der Waals surface area contributed by atoms with E-state index in [1.54, 1.807) is 29.9 Å². The molecule has 3 aromatic heterocycles. The van der Waals surface area contributed by atoms with Crippen molar-refractivity contribution in [3.8, 4) is 17.2 Å². The largest absolute Gasteiger partial charge is 0.480 e. The zero-order chi connectivity index (χ0) is 23.4. The van der Waals surface area contributed by atoms with Crippen LogP contribution in [0.15, 0.2) is 30.6 Å². The first-order valence-electron chi connectivity index (χ1n) is 10.0. The number of ketones is 1. The lowest BCUT2D eigenvalue weighted by Crippen LogP contribution is -2.32. The highest BCUT2D eigenvalue weighted by Gasteiger charge is 2.35. The van der Waals surface area contributed by atoms with Crippen molar-refractivity contribution in [3.05, 3.63) is 47.5 Å². The summed E-state index contributed by atoms with van der Waals surface area (Å²) in [5.74, 6) is -1.27. The number of aliphatic carboxylic acids is 1. The molecule has 1 aromatic carbocycles. The van der Waals surface area contributed by atoms with Crippen LogP contribution in [0.25, 0.3) is 27.7 Å². The number of Topliss-reactive ketones (excluding diaryl/α,β-unsaturated/α-hetero) is 1. The van der Waals surface area contributed by atoms with Gasteiger partial charge in [-0.1, -0.05) is 26.8 Å². The Morgan fingerprint density at radius 2 is 1.91 bits per heavy atom. The molecule has 1 N–H and O–H groups in total. The third kappa shape index (κ3) is 3.30. The molecule has 9 nitrogen and oxygen atoms in total. The molecule has 0 saturated heterocycles. The molecule has 0 aliphatic carbocycles. The second kappa shape index (κ2) is 7.27. The van der Waals surface area contributed by atoms with Gasteiger partial charge in [-0.25, -0.2) is 19.0 Å². The van der Waals surface area contributed by atoms with E-state index < -0.39 is 17.4 Å². The topological polar surface area (TPSA) is 126 Å². The summed E-state index contributed by atoms with van der Waals surface area (Å²) < 4.78 is 2.98. The third-order valence-corrected chi connectivity index (χ3v) is 5.43. The van der Waals surface area contributed by atoms with Crippen LogP contribution in [0.1, 0.15) is 55.5 Å². The number of fused-ring (bicyclic) bond motifs is 2. The van der Waals surface area contributed by atoms with Gasteiger partial charge in [0.05, 0.1) is 11.2 Å². The summed E-state index contributed by atoms with van der Waals surface area (Å²) in [7, 11) is 0. The van der Waals surface area contributed by atoms with E-state index >= 15 is 0 Å². The molecule has 1 atom stereocenters. The Hall–Kier alpha value is -4.06. The SMILES string of the molecule is CC(=O)c1nn(C(C(=O)O)C(C)(C)C)c2ccc(-c3cnc4c(C#N)c(C)nn4c3)cc12. The molecule has 162 valence electrons. The molecular weight excluding hydrogens is 408 g/mol. The normalized spacial score (nSPS) is 12.8. The maximum atomic E-state index is 12.3. The molecule has 0 fully saturated rings. The lowest BCUT2D eigenvalue weighted by atomic mass is 9.87. The zero-order valence-corrected chi connectivity index (χ0v) is 18.4. The van der Waals surface area contributed by atoms with E-state index in [1.807, 2.05) is 32.9 Å². The minimum atomic E-state index is -1.02. The first kappa shape index (κ1) is 21.2. The van der Waals surface area contributed by atoms with Crippen molar-refractivity contribution < 1.29 is 14.7 Å². The predicted octanol–water partition coefficient (Wildman–Crippen LogP) is 3.80. The highest BCUT2D eigenvalue weighted by Crippen LogP contribution is 2.35. The van der Waals surface area contributed by atoms with Crippen molar-refractivity contribution in [2.45, 2.75) is 40.7 Å². The van der Waals surface area contributed by atoms with E-state index in [2.05, 4.69) is 21.3 Å². The summed E-state index contributed by atoms with van der Waals surface area (Å²) in [6.45, 7) is 8.63. The van der Waals surface area contributed by atoms with Gasteiger partial charge < -0.3 is 5.11 Å². The molecule has 4 aromatic rings. The Balaban J connectivity index is 1.92. The molecule has 0 amide bonds. The molecule has 0 bridgehead atoms. The predicted molar refractivity (Wildman–Crippen MR) is 117 cm³/mol. The second-order valence-corrected chi connectivity index (χ2v) is 8.87. The van der Waals surface area contributed by atoms with Crippen molar-refractivity contribution in [3.63, 3.8) is 0 Å². The van der Waals surface area contributed by atoms with Crippen LogP contribution in [-0.2, 0) is 4.79 Å². The van der Waals surface area contributed by atoms with Gasteiger partial charge in [-0.15, -0.1) is 0 Å². The van der Waals surface area contributed by atoms with Gasteiger partial charge in [0.25, 0.3) is 0 Å². The maximum absolute atomic E-state index is 12.3. The zero-order valence-electron chi connectivity index (χ0n) is 18.4. The van der Waals surface area contributed by atoms with Gasteiger partial charge in [-0.05, 0) is 30.0 Å². The fourth-order valence-electron chi connectivity index (χ4n) is 3.94. The lowest BCUT2D eigenvalue weighted by Gasteiger charge is -2.27. The summed E-state index contributed by atoms with van der Waals surface area (Å²) in [6.07, 6.45) is 3.41. The third-order valence-electron chi connectivity index (χ3n) is 5.43. The monoisotopic (exact) mass is 430 g/mol. The van der Waals surface area contributed by atoms with Crippen molar-refractivity contribution in [1.82, 2.24) is 24.4 Å². The number of carboxylic acid groups (broad SMARTS) is 1. The standard InChI is InChI=1S/C23H22N6O3/c1-12-17(9-24)21-25-10-15(11-28(21)26-12)14-6-7-18-16(8-14)19(13(2)30)27-29(18)20(22(31)32)23(3,4)5/h6-8,10-11,20H,1-5H3,(H,31,32). The van der Waals surface area contributed by atoms with E-state index in [4.69, 9.17) is 0 Å². The van der Waals surface area contributed by atoms with Crippen LogP contribution < -0.4 is 0 Å². The molecule has 0 radical (unpaired) electrons. The summed E-state index contributed by atoms with van der Waals surface area (Å²) in [6, 6.07) is 6.57. The minimum absolute atomic E-state index is 0.216. The van der Waals surface area contributed by atoms with E-state index in [0.29, 0.717) is 27.8 Å². The van der Waals surface area contributed by atoms with Crippen LogP contribution in [0.3, 0.4) is 0 Å². The summed E-state index contributed by atoms with van der Waals surface area (Å²) in [5, 5.41) is 28.5. The minimum Gasteiger partial charge on any atom is -0.480 e. The van der Waals surface area contributed by atoms with Crippen LogP contribution in [0, 0.1) is 23.7 Å². The van der Waals surface area contributed by atoms with E-state index in [1.165, 1.54) is 11.6 Å². The van der Waals surface area contributed by atoms with Gasteiger partial charge in [0, 0.05) is 30.3 Å². The molecule has 9 heteroatoms. The number of benzene rings is 1. The maximum Gasteiger partial charge on any atom is 0.329 e. The second-order valence-electron chi connectivity index (χ2n) is 8.87.